The number of hydrogen-bond donors (Lipinski definition) is 1. The molecule has 2 N–H and O–H groups in total. The summed E-state index contributed by atoms with van der Waals surface area (Å²) in [7, 11) is 1.89. The highest BCUT2D eigenvalue weighted by Crippen LogP contribution is 2.34. The van der Waals surface area contributed by atoms with E-state index in [2.05, 4.69) is 5.10 Å². The molecule has 0 aliphatic carbocycles. The number of likely N-dealkylation sites (tertiary alicyclic amines) is 1. The minimum Gasteiger partial charge on any atom is -0.331 e. The Hall–Kier alpha value is -1.36. The zero-order valence-corrected chi connectivity index (χ0v) is 10.8. The monoisotopic (exact) mass is 236 g/mol. The van der Waals surface area contributed by atoms with Gasteiger partial charge in [0.15, 0.2) is 0 Å². The summed E-state index contributed by atoms with van der Waals surface area (Å²) in [6.45, 7) is 6.01. The lowest BCUT2D eigenvalue weighted by Gasteiger charge is -2.30. The zero-order chi connectivity index (χ0) is 12.7. The first kappa shape index (κ1) is 12.1. The summed E-state index contributed by atoms with van der Waals surface area (Å²) < 4.78 is 1.78. The molecule has 1 aliphatic rings. The summed E-state index contributed by atoms with van der Waals surface area (Å²) in [6.07, 6.45) is 2.39. The maximum atomic E-state index is 11.9. The molecule has 17 heavy (non-hydrogen) atoms. The van der Waals surface area contributed by atoms with Crippen LogP contribution in [0.3, 0.4) is 0 Å². The van der Waals surface area contributed by atoms with E-state index in [9.17, 15) is 4.79 Å². The van der Waals surface area contributed by atoms with Gasteiger partial charge in [0.2, 0.25) is 5.91 Å². The van der Waals surface area contributed by atoms with Crippen LogP contribution in [0.5, 0.6) is 0 Å². The first-order valence-electron chi connectivity index (χ1n) is 5.98. The first-order chi connectivity index (χ1) is 7.91. The summed E-state index contributed by atoms with van der Waals surface area (Å²) in [4.78, 5) is 13.8. The standard InChI is InChI=1S/C12H20N4O/c1-7(2)16-11(17)5-10(13)12(16)9-6-15(4)14-8(9)3/h6-7,10,12H,5,13H2,1-4H3/t10-,12+/m1/s1. The van der Waals surface area contributed by atoms with Crippen molar-refractivity contribution in [1.29, 1.82) is 0 Å². The van der Waals surface area contributed by atoms with E-state index in [1.165, 1.54) is 0 Å². The molecule has 1 aromatic heterocycles. The van der Waals surface area contributed by atoms with Crippen molar-refractivity contribution in [2.24, 2.45) is 12.8 Å². The number of nitrogens with two attached hydrogens (primary N) is 1. The number of nitrogens with zero attached hydrogens (tertiary/aromatic N) is 3. The Balaban J connectivity index is 2.41. The molecule has 1 aromatic rings. The SMILES string of the molecule is Cc1nn(C)cc1[C@H]1[C@H](N)CC(=O)N1C(C)C. The fourth-order valence-electron chi connectivity index (χ4n) is 2.68. The zero-order valence-electron chi connectivity index (χ0n) is 10.8. The van der Waals surface area contributed by atoms with Gasteiger partial charge in [0.25, 0.3) is 0 Å². The highest BCUT2D eigenvalue weighted by atomic mass is 16.2. The van der Waals surface area contributed by atoms with Crippen molar-refractivity contribution in [3.05, 3.63) is 17.5 Å². The Morgan fingerprint density at radius 3 is 2.65 bits per heavy atom. The number of amides is 1. The Bertz CT molecular complexity index is 438. The fourth-order valence-corrected chi connectivity index (χ4v) is 2.68. The molecule has 1 amide bonds. The van der Waals surface area contributed by atoms with E-state index in [1.54, 1.807) is 4.68 Å². The highest BCUT2D eigenvalue weighted by Gasteiger charge is 2.41. The van der Waals surface area contributed by atoms with Crippen LogP contribution in [0.4, 0.5) is 0 Å². The molecule has 94 valence electrons. The molecule has 0 spiro atoms. The molecule has 1 saturated heterocycles. The Kier molecular flexibility index (Phi) is 2.95. The van der Waals surface area contributed by atoms with Crippen molar-refractivity contribution in [2.75, 3.05) is 0 Å². The van der Waals surface area contributed by atoms with Crippen LogP contribution in [0.15, 0.2) is 6.20 Å². The molecule has 2 heterocycles. The van der Waals surface area contributed by atoms with Gasteiger partial charge in [-0.05, 0) is 20.8 Å². The molecule has 0 bridgehead atoms. The minimum absolute atomic E-state index is 0.0313. The summed E-state index contributed by atoms with van der Waals surface area (Å²) in [5.74, 6) is 0.140. The van der Waals surface area contributed by atoms with Crippen LogP contribution in [-0.4, -0.2) is 32.7 Å². The molecule has 0 radical (unpaired) electrons. The second-order valence-corrected chi connectivity index (χ2v) is 5.05. The van der Waals surface area contributed by atoms with E-state index in [1.807, 2.05) is 38.9 Å². The van der Waals surface area contributed by atoms with E-state index >= 15 is 0 Å². The third-order valence-corrected chi connectivity index (χ3v) is 3.33. The molecular formula is C12H20N4O. The van der Waals surface area contributed by atoms with E-state index in [4.69, 9.17) is 5.73 Å². The lowest BCUT2D eigenvalue weighted by Crippen LogP contribution is -2.37. The maximum Gasteiger partial charge on any atom is 0.225 e. The number of rotatable bonds is 2. The van der Waals surface area contributed by atoms with Crippen molar-refractivity contribution in [3.8, 4) is 0 Å². The second kappa shape index (κ2) is 4.14. The summed E-state index contributed by atoms with van der Waals surface area (Å²) in [6, 6.07) is 0.00431. The fraction of sp³-hybridized carbons (Fsp3) is 0.667. The predicted molar refractivity (Wildman–Crippen MR) is 65.3 cm³/mol. The van der Waals surface area contributed by atoms with Gasteiger partial charge in [-0.1, -0.05) is 0 Å². The van der Waals surface area contributed by atoms with Crippen LogP contribution in [0.1, 0.15) is 37.6 Å². The smallest absolute Gasteiger partial charge is 0.225 e. The quantitative estimate of drug-likeness (QED) is 0.823. The van der Waals surface area contributed by atoms with Gasteiger partial charge in [0.1, 0.15) is 0 Å². The van der Waals surface area contributed by atoms with Crippen molar-refractivity contribution in [2.45, 2.75) is 45.3 Å². The summed E-state index contributed by atoms with van der Waals surface area (Å²) in [5.41, 5.74) is 8.13. The number of aryl methyl sites for hydroxylation is 2. The van der Waals surface area contributed by atoms with Crippen LogP contribution >= 0.6 is 0 Å². The van der Waals surface area contributed by atoms with Gasteiger partial charge in [-0.25, -0.2) is 0 Å². The van der Waals surface area contributed by atoms with Crippen LogP contribution in [-0.2, 0) is 11.8 Å². The molecule has 0 aromatic carbocycles. The number of aromatic nitrogens is 2. The Morgan fingerprint density at radius 1 is 1.53 bits per heavy atom. The van der Waals surface area contributed by atoms with Gasteiger partial charge in [-0.2, -0.15) is 5.10 Å². The largest absolute Gasteiger partial charge is 0.331 e. The number of hydrogen-bond acceptors (Lipinski definition) is 3. The van der Waals surface area contributed by atoms with Crippen LogP contribution in [0.2, 0.25) is 0 Å². The second-order valence-electron chi connectivity index (χ2n) is 5.05. The van der Waals surface area contributed by atoms with Gasteiger partial charge >= 0.3 is 0 Å². The molecule has 2 atom stereocenters. The number of carbonyl (C=O) groups is 1. The van der Waals surface area contributed by atoms with Crippen molar-refractivity contribution in [1.82, 2.24) is 14.7 Å². The van der Waals surface area contributed by atoms with Crippen LogP contribution in [0.25, 0.3) is 0 Å². The van der Waals surface area contributed by atoms with E-state index in [-0.39, 0.29) is 24.0 Å². The van der Waals surface area contributed by atoms with Crippen molar-refractivity contribution < 1.29 is 4.79 Å². The molecule has 0 unspecified atom stereocenters. The lowest BCUT2D eigenvalue weighted by atomic mass is 10.0. The summed E-state index contributed by atoms with van der Waals surface area (Å²) in [5, 5.41) is 4.33. The summed E-state index contributed by atoms with van der Waals surface area (Å²) >= 11 is 0. The molecule has 1 fully saturated rings. The predicted octanol–water partition coefficient (Wildman–Crippen LogP) is 0.738. The average Bonchev–Trinajstić information content (AvgIpc) is 2.66. The third-order valence-electron chi connectivity index (χ3n) is 3.33. The average molecular weight is 236 g/mol. The molecule has 2 rings (SSSR count). The van der Waals surface area contributed by atoms with Gasteiger partial charge in [0.05, 0.1) is 11.7 Å². The number of carbonyl (C=O) groups excluding carboxylic acids is 1. The minimum atomic E-state index is -0.132. The maximum absolute atomic E-state index is 11.9. The van der Waals surface area contributed by atoms with Gasteiger partial charge in [-0.3, -0.25) is 9.48 Å². The molecule has 5 heteroatoms. The van der Waals surface area contributed by atoms with E-state index < -0.39 is 0 Å². The topological polar surface area (TPSA) is 64.2 Å². The molecule has 5 nitrogen and oxygen atoms in total. The van der Waals surface area contributed by atoms with Gasteiger partial charge in [0, 0.05) is 37.3 Å². The lowest BCUT2D eigenvalue weighted by molar-refractivity contribution is -0.130. The van der Waals surface area contributed by atoms with Gasteiger partial charge < -0.3 is 10.6 Å². The van der Waals surface area contributed by atoms with E-state index in [0.717, 1.165) is 11.3 Å². The van der Waals surface area contributed by atoms with Crippen molar-refractivity contribution in [3.63, 3.8) is 0 Å². The van der Waals surface area contributed by atoms with Crippen molar-refractivity contribution >= 4 is 5.91 Å². The first-order valence-corrected chi connectivity index (χ1v) is 5.98. The van der Waals surface area contributed by atoms with Crippen LogP contribution < -0.4 is 5.73 Å². The molecule has 1 aliphatic heterocycles. The third kappa shape index (κ3) is 1.95. The van der Waals surface area contributed by atoms with E-state index in [0.29, 0.717) is 6.42 Å². The molecule has 0 saturated carbocycles. The van der Waals surface area contributed by atoms with Gasteiger partial charge in [-0.15, -0.1) is 0 Å². The van der Waals surface area contributed by atoms with Crippen LogP contribution in [0, 0.1) is 6.92 Å². The molecular weight excluding hydrogens is 216 g/mol. The normalized spacial score (nSPS) is 25.1. The highest BCUT2D eigenvalue weighted by molar-refractivity contribution is 5.80. The Morgan fingerprint density at radius 2 is 2.18 bits per heavy atom. The Labute approximate surface area is 102 Å².